The Hall–Kier alpha value is -2.79. The van der Waals surface area contributed by atoms with E-state index in [4.69, 9.17) is 16.3 Å². The van der Waals surface area contributed by atoms with Gasteiger partial charge in [-0.15, -0.1) is 0 Å². The van der Waals surface area contributed by atoms with Crippen molar-refractivity contribution in [1.82, 2.24) is 4.98 Å². The molecule has 0 bridgehead atoms. The number of ketones is 1. The van der Waals surface area contributed by atoms with Gasteiger partial charge in [0.25, 0.3) is 11.7 Å². The summed E-state index contributed by atoms with van der Waals surface area (Å²) in [6.45, 7) is 0. The second kappa shape index (κ2) is 6.14. The summed E-state index contributed by atoms with van der Waals surface area (Å²) in [5, 5.41) is 3.52. The number of Topliss-reactive ketones (excluding diaryl/α,β-unsaturated/α-hetero) is 1. The molecule has 0 radical (unpaired) electrons. The molecule has 0 aliphatic rings. The second-order valence-corrected chi connectivity index (χ2v) is 5.28. The minimum atomic E-state index is -0.748. The van der Waals surface area contributed by atoms with Crippen LogP contribution in [0.2, 0.25) is 5.02 Å². The van der Waals surface area contributed by atoms with Crippen LogP contribution in [0, 0.1) is 0 Å². The Balaban J connectivity index is 1.91. The third-order valence-electron chi connectivity index (χ3n) is 3.46. The summed E-state index contributed by atoms with van der Waals surface area (Å²) in [5.41, 5.74) is 1.42. The number of rotatable bonds is 4. The predicted molar refractivity (Wildman–Crippen MR) is 89.3 cm³/mol. The molecule has 1 aromatic heterocycles. The molecule has 0 saturated heterocycles. The van der Waals surface area contributed by atoms with Crippen LogP contribution in [-0.2, 0) is 4.79 Å². The average Bonchev–Trinajstić information content (AvgIpc) is 2.99. The highest BCUT2D eigenvalue weighted by molar-refractivity contribution is 6.49. The number of aromatic nitrogens is 1. The maximum absolute atomic E-state index is 12.4. The first-order valence-corrected chi connectivity index (χ1v) is 7.23. The number of benzene rings is 2. The van der Waals surface area contributed by atoms with Gasteiger partial charge < -0.3 is 15.0 Å². The van der Waals surface area contributed by atoms with E-state index in [1.54, 1.807) is 49.6 Å². The number of H-pyrrole nitrogens is 1. The van der Waals surface area contributed by atoms with E-state index < -0.39 is 11.7 Å². The molecular formula is C17H13ClN2O3. The molecule has 0 saturated carbocycles. The van der Waals surface area contributed by atoms with Crippen molar-refractivity contribution in [3.63, 3.8) is 0 Å². The Labute approximate surface area is 137 Å². The number of halogens is 1. The number of fused-ring (bicyclic) bond motifs is 1. The quantitative estimate of drug-likeness (QED) is 0.567. The van der Waals surface area contributed by atoms with Gasteiger partial charge in [-0.25, -0.2) is 0 Å². The topological polar surface area (TPSA) is 71.2 Å². The molecule has 0 aliphatic heterocycles. The molecule has 0 spiro atoms. The molecule has 0 atom stereocenters. The largest absolute Gasteiger partial charge is 0.497 e. The highest BCUT2D eigenvalue weighted by Crippen LogP contribution is 2.25. The van der Waals surface area contributed by atoms with Gasteiger partial charge in [-0.2, -0.15) is 0 Å². The van der Waals surface area contributed by atoms with Crippen LogP contribution in [0.15, 0.2) is 48.7 Å². The lowest BCUT2D eigenvalue weighted by Crippen LogP contribution is -2.22. The zero-order valence-electron chi connectivity index (χ0n) is 12.2. The first-order chi connectivity index (χ1) is 11.1. The SMILES string of the molecule is COc1ccc2[nH]cc(C(=O)C(=O)Nc3ccccc3Cl)c2c1. The third-order valence-corrected chi connectivity index (χ3v) is 3.79. The predicted octanol–water partition coefficient (Wildman–Crippen LogP) is 3.65. The number of hydrogen-bond acceptors (Lipinski definition) is 3. The molecule has 1 heterocycles. The van der Waals surface area contributed by atoms with Gasteiger partial charge in [0.2, 0.25) is 0 Å². The number of nitrogens with one attached hydrogen (secondary N) is 2. The summed E-state index contributed by atoms with van der Waals surface area (Å²) in [6, 6.07) is 12.0. The Morgan fingerprint density at radius 1 is 1.17 bits per heavy atom. The molecule has 23 heavy (non-hydrogen) atoms. The fourth-order valence-corrected chi connectivity index (χ4v) is 2.46. The number of methoxy groups -OCH3 is 1. The van der Waals surface area contributed by atoms with Gasteiger partial charge >= 0.3 is 0 Å². The molecule has 5 nitrogen and oxygen atoms in total. The van der Waals surface area contributed by atoms with Gasteiger partial charge in [-0.1, -0.05) is 23.7 Å². The summed E-state index contributed by atoms with van der Waals surface area (Å²) in [6.07, 6.45) is 1.51. The van der Waals surface area contributed by atoms with E-state index in [1.807, 2.05) is 0 Å². The van der Waals surface area contributed by atoms with E-state index in [2.05, 4.69) is 10.3 Å². The van der Waals surface area contributed by atoms with Crippen LogP contribution >= 0.6 is 11.6 Å². The molecule has 2 N–H and O–H groups in total. The van der Waals surface area contributed by atoms with E-state index in [9.17, 15) is 9.59 Å². The van der Waals surface area contributed by atoms with Crippen molar-refractivity contribution in [1.29, 1.82) is 0 Å². The van der Waals surface area contributed by atoms with Crippen molar-refractivity contribution in [2.24, 2.45) is 0 Å². The summed E-state index contributed by atoms with van der Waals surface area (Å²) >= 11 is 5.98. The van der Waals surface area contributed by atoms with Gasteiger partial charge in [0.05, 0.1) is 23.4 Å². The molecule has 116 valence electrons. The molecule has 0 unspecified atom stereocenters. The van der Waals surface area contributed by atoms with Crippen molar-refractivity contribution < 1.29 is 14.3 Å². The molecule has 6 heteroatoms. The third kappa shape index (κ3) is 2.91. The van der Waals surface area contributed by atoms with E-state index in [0.717, 1.165) is 5.52 Å². The first kappa shape index (κ1) is 15.1. The molecule has 2 aromatic carbocycles. The number of carbonyl (C=O) groups excluding carboxylic acids is 2. The van der Waals surface area contributed by atoms with Crippen LogP contribution in [0.3, 0.4) is 0 Å². The minimum Gasteiger partial charge on any atom is -0.497 e. The molecular weight excluding hydrogens is 316 g/mol. The monoisotopic (exact) mass is 328 g/mol. The van der Waals surface area contributed by atoms with E-state index in [1.165, 1.54) is 6.20 Å². The maximum Gasteiger partial charge on any atom is 0.296 e. The number of para-hydroxylation sites is 1. The van der Waals surface area contributed by atoms with Crippen molar-refractivity contribution in [3.05, 3.63) is 59.2 Å². The lowest BCUT2D eigenvalue weighted by atomic mass is 10.1. The molecule has 3 aromatic rings. The lowest BCUT2D eigenvalue weighted by molar-refractivity contribution is -0.112. The molecule has 1 amide bonds. The van der Waals surface area contributed by atoms with E-state index in [-0.39, 0.29) is 5.56 Å². The number of amides is 1. The maximum atomic E-state index is 12.4. The standard InChI is InChI=1S/C17H13ClN2O3/c1-23-10-6-7-14-11(8-10)12(9-19-14)16(21)17(22)20-15-5-3-2-4-13(15)18/h2-9,19H,1H3,(H,20,22). The van der Waals surface area contributed by atoms with Gasteiger partial charge in [-0.05, 0) is 30.3 Å². The molecule has 3 rings (SSSR count). The highest BCUT2D eigenvalue weighted by Gasteiger charge is 2.21. The van der Waals surface area contributed by atoms with Crippen LogP contribution in [0.5, 0.6) is 5.75 Å². The minimum absolute atomic E-state index is 0.281. The normalized spacial score (nSPS) is 10.5. The van der Waals surface area contributed by atoms with Gasteiger partial charge in [0.1, 0.15) is 5.75 Å². The second-order valence-electron chi connectivity index (χ2n) is 4.88. The molecule has 0 fully saturated rings. The van der Waals surface area contributed by atoms with Crippen LogP contribution in [0.4, 0.5) is 5.69 Å². The number of aromatic amines is 1. The number of anilines is 1. The smallest absolute Gasteiger partial charge is 0.296 e. The molecule has 0 aliphatic carbocycles. The lowest BCUT2D eigenvalue weighted by Gasteiger charge is -2.06. The zero-order valence-corrected chi connectivity index (χ0v) is 13.0. The fourth-order valence-electron chi connectivity index (χ4n) is 2.28. The van der Waals surface area contributed by atoms with E-state index in [0.29, 0.717) is 21.8 Å². The Kier molecular flexibility index (Phi) is 4.04. The zero-order chi connectivity index (χ0) is 16.4. The Morgan fingerprint density at radius 3 is 2.70 bits per heavy atom. The van der Waals surface area contributed by atoms with Gasteiger partial charge in [-0.3, -0.25) is 9.59 Å². The number of ether oxygens (including phenoxy) is 1. The highest BCUT2D eigenvalue weighted by atomic mass is 35.5. The Morgan fingerprint density at radius 2 is 1.96 bits per heavy atom. The van der Waals surface area contributed by atoms with Gasteiger partial charge in [0.15, 0.2) is 0 Å². The summed E-state index contributed by atoms with van der Waals surface area (Å²) in [4.78, 5) is 27.6. The fraction of sp³-hybridized carbons (Fsp3) is 0.0588. The number of hydrogen-bond donors (Lipinski definition) is 2. The summed E-state index contributed by atoms with van der Waals surface area (Å²) in [7, 11) is 1.54. The van der Waals surface area contributed by atoms with Crippen molar-refractivity contribution in [3.8, 4) is 5.75 Å². The van der Waals surface area contributed by atoms with Crippen molar-refractivity contribution in [2.75, 3.05) is 12.4 Å². The summed E-state index contributed by atoms with van der Waals surface area (Å²) in [5.74, 6) is -0.788. The van der Waals surface area contributed by atoms with Crippen molar-refractivity contribution >= 4 is 39.9 Å². The van der Waals surface area contributed by atoms with E-state index >= 15 is 0 Å². The summed E-state index contributed by atoms with van der Waals surface area (Å²) < 4.78 is 5.16. The average molecular weight is 329 g/mol. The van der Waals surface area contributed by atoms with Crippen LogP contribution in [0.25, 0.3) is 10.9 Å². The van der Waals surface area contributed by atoms with Crippen LogP contribution < -0.4 is 10.1 Å². The van der Waals surface area contributed by atoms with Gasteiger partial charge in [0, 0.05) is 17.1 Å². The first-order valence-electron chi connectivity index (χ1n) is 6.85. The van der Waals surface area contributed by atoms with Crippen LogP contribution in [0.1, 0.15) is 10.4 Å². The van der Waals surface area contributed by atoms with Crippen LogP contribution in [-0.4, -0.2) is 23.8 Å². The Bertz CT molecular complexity index is 902. The van der Waals surface area contributed by atoms with Crippen molar-refractivity contribution in [2.45, 2.75) is 0 Å². The number of carbonyl (C=O) groups is 2.